The summed E-state index contributed by atoms with van der Waals surface area (Å²) >= 11 is 0. The minimum absolute atomic E-state index is 0.00264. The molecule has 3 aromatic heterocycles. The van der Waals surface area contributed by atoms with Gasteiger partial charge in [0.25, 0.3) is 5.91 Å². The van der Waals surface area contributed by atoms with E-state index in [2.05, 4.69) is 25.4 Å². The van der Waals surface area contributed by atoms with E-state index in [1.165, 1.54) is 0 Å². The number of aryl methyl sites for hydroxylation is 2. The number of amides is 1. The molecule has 0 aliphatic carbocycles. The number of aromatic nitrogens is 6. The van der Waals surface area contributed by atoms with Crippen LogP contribution in [0, 0.1) is 13.8 Å². The predicted molar refractivity (Wildman–Crippen MR) is 86.5 cm³/mol. The Bertz CT molecular complexity index is 897. The molecule has 3 aromatic rings. The second-order valence-electron chi connectivity index (χ2n) is 6.18. The van der Waals surface area contributed by atoms with E-state index in [1.54, 1.807) is 6.07 Å². The Kier molecular flexibility index (Phi) is 3.51. The van der Waals surface area contributed by atoms with Crippen molar-refractivity contribution in [2.75, 3.05) is 6.54 Å². The van der Waals surface area contributed by atoms with Crippen LogP contribution in [-0.2, 0) is 0 Å². The minimum atomic E-state index is -0.0751. The molecule has 8 nitrogen and oxygen atoms in total. The molecule has 0 radical (unpaired) electrons. The van der Waals surface area contributed by atoms with E-state index in [0.717, 1.165) is 43.1 Å². The Labute approximate surface area is 138 Å². The van der Waals surface area contributed by atoms with Gasteiger partial charge in [0.1, 0.15) is 11.6 Å². The van der Waals surface area contributed by atoms with Crippen LogP contribution in [0.15, 0.2) is 18.3 Å². The molecule has 0 aromatic carbocycles. The van der Waals surface area contributed by atoms with E-state index >= 15 is 0 Å². The summed E-state index contributed by atoms with van der Waals surface area (Å²) in [4.78, 5) is 19.4. The molecule has 124 valence electrons. The van der Waals surface area contributed by atoms with E-state index in [0.29, 0.717) is 11.4 Å². The van der Waals surface area contributed by atoms with Crippen molar-refractivity contribution in [2.24, 2.45) is 0 Å². The lowest BCUT2D eigenvalue weighted by Gasteiger charge is -2.34. The Hall–Kier alpha value is -2.77. The molecule has 4 heterocycles. The molecule has 0 bridgehead atoms. The minimum Gasteiger partial charge on any atom is -0.328 e. The van der Waals surface area contributed by atoms with Gasteiger partial charge in [-0.15, -0.1) is 10.2 Å². The number of pyridine rings is 1. The van der Waals surface area contributed by atoms with Crippen molar-refractivity contribution in [3.63, 3.8) is 0 Å². The number of carbonyl (C=O) groups is 1. The number of aromatic amines is 1. The highest BCUT2D eigenvalue weighted by molar-refractivity contribution is 5.94. The maximum absolute atomic E-state index is 13.1. The molecular weight excluding hydrogens is 306 g/mol. The van der Waals surface area contributed by atoms with Gasteiger partial charge in [-0.05, 0) is 45.2 Å². The monoisotopic (exact) mass is 325 g/mol. The maximum atomic E-state index is 13.1. The van der Waals surface area contributed by atoms with E-state index in [-0.39, 0.29) is 11.9 Å². The van der Waals surface area contributed by atoms with Gasteiger partial charge in [0, 0.05) is 12.7 Å². The summed E-state index contributed by atoms with van der Waals surface area (Å²) in [6.07, 6.45) is 4.77. The maximum Gasteiger partial charge on any atom is 0.255 e. The Morgan fingerprint density at radius 3 is 2.92 bits per heavy atom. The van der Waals surface area contributed by atoms with Crippen LogP contribution >= 0.6 is 0 Å². The van der Waals surface area contributed by atoms with Crippen molar-refractivity contribution in [1.82, 2.24) is 34.7 Å². The number of piperidine rings is 1. The lowest BCUT2D eigenvalue weighted by Crippen LogP contribution is -2.39. The normalized spacial score (nSPS) is 18.2. The van der Waals surface area contributed by atoms with Crippen molar-refractivity contribution >= 4 is 11.6 Å². The third kappa shape index (κ3) is 2.44. The Balaban J connectivity index is 1.68. The van der Waals surface area contributed by atoms with Gasteiger partial charge >= 0.3 is 0 Å². The number of fused-ring (bicyclic) bond motifs is 1. The van der Waals surface area contributed by atoms with Gasteiger partial charge in [-0.2, -0.15) is 5.10 Å². The summed E-state index contributed by atoms with van der Waals surface area (Å²) in [6, 6.07) is 3.55. The third-order valence-corrected chi connectivity index (χ3v) is 4.50. The van der Waals surface area contributed by atoms with Crippen LogP contribution < -0.4 is 0 Å². The molecular formula is C16H19N7O. The summed E-state index contributed by atoms with van der Waals surface area (Å²) < 4.78 is 1.84. The first-order valence-corrected chi connectivity index (χ1v) is 8.15. The van der Waals surface area contributed by atoms with E-state index in [9.17, 15) is 4.79 Å². The molecule has 1 N–H and O–H groups in total. The molecule has 0 saturated carbocycles. The smallest absolute Gasteiger partial charge is 0.255 e. The van der Waals surface area contributed by atoms with Crippen molar-refractivity contribution in [1.29, 1.82) is 0 Å². The van der Waals surface area contributed by atoms with Crippen molar-refractivity contribution in [3.8, 4) is 0 Å². The summed E-state index contributed by atoms with van der Waals surface area (Å²) in [6.45, 7) is 4.46. The van der Waals surface area contributed by atoms with Gasteiger partial charge in [-0.25, -0.2) is 4.98 Å². The Morgan fingerprint density at radius 2 is 2.12 bits per heavy atom. The zero-order valence-corrected chi connectivity index (χ0v) is 13.7. The number of likely N-dealkylation sites (tertiary alicyclic amines) is 1. The number of hydrogen-bond donors (Lipinski definition) is 1. The van der Waals surface area contributed by atoms with Crippen molar-refractivity contribution in [3.05, 3.63) is 41.4 Å². The van der Waals surface area contributed by atoms with E-state index < -0.39 is 0 Å². The van der Waals surface area contributed by atoms with Gasteiger partial charge in [-0.1, -0.05) is 0 Å². The number of nitrogens with one attached hydrogen (secondary N) is 1. The lowest BCUT2D eigenvalue weighted by atomic mass is 10.0. The van der Waals surface area contributed by atoms with Crippen molar-refractivity contribution in [2.45, 2.75) is 39.2 Å². The number of H-pyrrole nitrogens is 1. The van der Waals surface area contributed by atoms with Crippen molar-refractivity contribution < 1.29 is 4.79 Å². The van der Waals surface area contributed by atoms with Crippen LogP contribution in [0.3, 0.4) is 0 Å². The number of nitrogens with zero attached hydrogens (tertiary/aromatic N) is 6. The zero-order chi connectivity index (χ0) is 16.7. The Morgan fingerprint density at radius 1 is 1.25 bits per heavy atom. The number of hydrogen-bond acceptors (Lipinski definition) is 5. The van der Waals surface area contributed by atoms with E-state index in [1.807, 2.05) is 35.4 Å². The fourth-order valence-electron chi connectivity index (χ4n) is 3.25. The molecule has 1 amide bonds. The first-order valence-electron chi connectivity index (χ1n) is 8.15. The first kappa shape index (κ1) is 14.8. The molecule has 8 heteroatoms. The van der Waals surface area contributed by atoms with E-state index in [4.69, 9.17) is 0 Å². The number of carbonyl (C=O) groups excluding carboxylic acids is 1. The molecule has 1 atom stereocenters. The molecule has 0 spiro atoms. The highest BCUT2D eigenvalue weighted by Crippen LogP contribution is 2.30. The van der Waals surface area contributed by atoms with Crippen LogP contribution in [-0.4, -0.2) is 47.1 Å². The van der Waals surface area contributed by atoms with Crippen LogP contribution in [0.2, 0.25) is 0 Å². The summed E-state index contributed by atoms with van der Waals surface area (Å²) in [5.41, 5.74) is 1.37. The summed E-state index contributed by atoms with van der Waals surface area (Å²) in [5.74, 6) is 2.23. The quantitative estimate of drug-likeness (QED) is 0.776. The first-order chi connectivity index (χ1) is 11.6. The molecule has 4 rings (SSSR count). The second-order valence-corrected chi connectivity index (χ2v) is 6.18. The molecule has 1 saturated heterocycles. The van der Waals surface area contributed by atoms with Crippen LogP contribution in [0.1, 0.15) is 53.1 Å². The van der Waals surface area contributed by atoms with Gasteiger partial charge in [-0.3, -0.25) is 14.3 Å². The van der Waals surface area contributed by atoms with Gasteiger partial charge in [0.15, 0.2) is 11.5 Å². The highest BCUT2D eigenvalue weighted by atomic mass is 16.2. The molecule has 1 fully saturated rings. The second kappa shape index (κ2) is 5.70. The van der Waals surface area contributed by atoms with Gasteiger partial charge < -0.3 is 4.90 Å². The molecule has 24 heavy (non-hydrogen) atoms. The molecule has 1 aliphatic heterocycles. The number of rotatable bonds is 2. The lowest BCUT2D eigenvalue weighted by molar-refractivity contribution is 0.0600. The summed E-state index contributed by atoms with van der Waals surface area (Å²) in [5, 5.41) is 15.2. The fraction of sp³-hybridized carbons (Fsp3) is 0.438. The summed E-state index contributed by atoms with van der Waals surface area (Å²) in [7, 11) is 0. The van der Waals surface area contributed by atoms with Crippen LogP contribution in [0.5, 0.6) is 0 Å². The average Bonchev–Trinajstić information content (AvgIpc) is 3.20. The SMILES string of the molecule is Cc1nc([C@@H]2CCCCN2C(=O)c2ccc3nnc(C)n3c2)n[nH]1. The third-order valence-electron chi connectivity index (χ3n) is 4.50. The van der Waals surface area contributed by atoms with Crippen LogP contribution in [0.4, 0.5) is 0 Å². The van der Waals surface area contributed by atoms with Gasteiger partial charge in [0.05, 0.1) is 11.6 Å². The molecule has 0 unspecified atom stereocenters. The predicted octanol–water partition coefficient (Wildman–Crippen LogP) is 1.83. The zero-order valence-electron chi connectivity index (χ0n) is 13.7. The standard InChI is InChI=1S/C16H19N7O/c1-10-17-15(21-18-10)13-5-3-4-8-22(13)16(24)12-6-7-14-20-19-11(2)23(14)9-12/h6-7,9,13H,3-5,8H2,1-2H3,(H,17,18,21)/t13-/m0/s1. The highest BCUT2D eigenvalue weighted by Gasteiger charge is 2.31. The fourth-order valence-corrected chi connectivity index (χ4v) is 3.25. The topological polar surface area (TPSA) is 92.1 Å². The van der Waals surface area contributed by atoms with Gasteiger partial charge in [0.2, 0.25) is 0 Å². The van der Waals surface area contributed by atoms with Crippen LogP contribution in [0.25, 0.3) is 5.65 Å². The molecule has 1 aliphatic rings. The largest absolute Gasteiger partial charge is 0.328 e. The average molecular weight is 325 g/mol.